The molecule has 97 heavy (non-hydrogen) atoms. The topological polar surface area (TPSA) is 75.7 Å². The van der Waals surface area contributed by atoms with Crippen LogP contribution in [0.15, 0.2) is 104 Å². The summed E-state index contributed by atoms with van der Waals surface area (Å²) in [4.78, 5) is 13.4. The summed E-state index contributed by atoms with van der Waals surface area (Å²) < 4.78 is 512. The molecule has 0 saturated carbocycles. The van der Waals surface area contributed by atoms with Gasteiger partial charge in [-0.25, -0.2) is 0 Å². The van der Waals surface area contributed by atoms with Crippen molar-refractivity contribution in [2.45, 2.75) is 178 Å². The van der Waals surface area contributed by atoms with Crippen LogP contribution in [-0.4, -0.2) is 170 Å². The van der Waals surface area contributed by atoms with Crippen molar-refractivity contribution < 1.29 is 182 Å². The zero-order valence-corrected chi connectivity index (χ0v) is 48.2. The van der Waals surface area contributed by atoms with E-state index in [2.05, 4.69) is 6.58 Å². The molecule has 3 aromatic carbocycles. The van der Waals surface area contributed by atoms with Gasteiger partial charge in [0.2, 0.25) is 0 Å². The number of hydrogen-bond acceptors (Lipinski definition) is 8. The highest BCUT2D eigenvalue weighted by Gasteiger charge is 2.97. The molecule has 1 fully saturated rings. The third-order valence-electron chi connectivity index (χ3n) is 14.4. The molecule has 3 aromatic rings. The standard InChI is InChI=1S/C55H49F34NO7/c1-2-26-92-39-38(96-29-33-18-10-5-11-19-33)37(95-28-32-16-8-4-9-17-32)36(94-27-31-14-6-3-7-15-31)34(97-39)30-93-35(91)20-25-90(23-12-21-40(56,57)42(60,61)44(64,65)46(68,69)48(72,73)50(76,77)52(80,81)54(84,85)86)24-13-22-41(58,59)43(62,63)45(66,67)47(70,71)49(74,75)51(78,79)53(82,83)55(87,88)89/h2-11,14-19,34,36-39H,1,12-13,20-30H2/t34-,36-,37+,38+,39+/m1/s1. The van der Waals surface area contributed by atoms with Gasteiger partial charge in [-0.2, -0.15) is 149 Å². The minimum Gasteiger partial charge on any atom is -0.463 e. The SMILES string of the molecule is C=CCO[C@H]1O[C@H](COC(=O)CCN(CCCC(F)(F)C(F)(F)C(F)(F)C(F)(F)C(F)(F)C(F)(F)C(F)(F)C(F)(F)F)CCCC(F)(F)C(F)(F)C(F)(F)C(F)(F)C(F)(F)C(F)(F)C(F)(F)C(F)(F)F)[C@@H](OCc2ccccc2)[C@H](OCc2ccccc2)[C@@H]1OCc1ccccc1. The zero-order valence-electron chi connectivity index (χ0n) is 48.2. The van der Waals surface area contributed by atoms with Gasteiger partial charge in [0.1, 0.15) is 31.0 Å². The summed E-state index contributed by atoms with van der Waals surface area (Å²) in [5.41, 5.74) is 1.52. The lowest BCUT2D eigenvalue weighted by Crippen LogP contribution is -2.74. The van der Waals surface area contributed by atoms with Gasteiger partial charge in [0.15, 0.2) is 6.29 Å². The number of carbonyl (C=O) groups excluding carboxylic acids is 1. The summed E-state index contributed by atoms with van der Waals surface area (Å²) in [6.07, 6.45) is -35.0. The molecule has 0 aliphatic carbocycles. The summed E-state index contributed by atoms with van der Waals surface area (Å²) in [6, 6.07) is 24.0. The Morgan fingerprint density at radius 3 is 1.01 bits per heavy atom. The summed E-state index contributed by atoms with van der Waals surface area (Å²) in [5.74, 6) is -122. The first-order valence-corrected chi connectivity index (χ1v) is 27.1. The second-order valence-corrected chi connectivity index (χ2v) is 21.2. The first kappa shape index (κ1) is 83.7. The van der Waals surface area contributed by atoms with E-state index in [-0.39, 0.29) is 31.3 Å². The Kier molecular flexibility index (Phi) is 25.7. The normalized spacial score (nSPS) is 19.4. The molecule has 0 N–H and O–H groups in total. The van der Waals surface area contributed by atoms with E-state index in [4.69, 9.17) is 28.4 Å². The molecule has 0 bridgehead atoms. The molecule has 8 nitrogen and oxygen atoms in total. The number of carbonyl (C=O) groups is 1. The lowest BCUT2D eigenvalue weighted by Gasteiger charge is -2.45. The molecule has 4 rings (SSSR count). The molecule has 1 aliphatic heterocycles. The van der Waals surface area contributed by atoms with E-state index in [1.54, 1.807) is 91.0 Å². The number of rotatable bonds is 37. The maximum Gasteiger partial charge on any atom is 0.460 e. The van der Waals surface area contributed by atoms with Crippen LogP contribution in [0.5, 0.6) is 0 Å². The Labute approximate surface area is 524 Å². The molecule has 0 aromatic heterocycles. The third kappa shape index (κ3) is 16.4. The van der Waals surface area contributed by atoms with E-state index in [1.807, 2.05) is 0 Å². The fourth-order valence-electron chi connectivity index (χ4n) is 8.77. The van der Waals surface area contributed by atoms with Crippen molar-refractivity contribution in [2.24, 2.45) is 0 Å². The average molecular weight is 1480 g/mol. The van der Waals surface area contributed by atoms with Crippen molar-refractivity contribution in [3.63, 3.8) is 0 Å². The van der Waals surface area contributed by atoms with Gasteiger partial charge in [0, 0.05) is 19.4 Å². The fourth-order valence-corrected chi connectivity index (χ4v) is 8.77. The maximum absolute atomic E-state index is 15.0. The quantitative estimate of drug-likeness (QED) is 0.0321. The highest BCUT2D eigenvalue weighted by molar-refractivity contribution is 5.69. The van der Waals surface area contributed by atoms with E-state index in [1.165, 1.54) is 6.08 Å². The first-order valence-electron chi connectivity index (χ1n) is 27.1. The second kappa shape index (κ2) is 29.8. The van der Waals surface area contributed by atoms with Gasteiger partial charge < -0.3 is 33.3 Å². The van der Waals surface area contributed by atoms with Gasteiger partial charge in [-0.05, 0) is 42.6 Å². The van der Waals surface area contributed by atoms with Crippen LogP contribution >= 0.6 is 0 Å². The summed E-state index contributed by atoms with van der Waals surface area (Å²) in [5, 5.41) is 0. The first-order chi connectivity index (χ1) is 43.9. The molecule has 1 saturated heterocycles. The van der Waals surface area contributed by atoms with E-state index >= 15 is 17.6 Å². The Morgan fingerprint density at radius 2 is 0.691 bits per heavy atom. The predicted octanol–water partition coefficient (Wildman–Crippen LogP) is 17.5. The van der Waals surface area contributed by atoms with E-state index < -0.39 is 190 Å². The van der Waals surface area contributed by atoms with Crippen LogP contribution in [0, 0.1) is 0 Å². The van der Waals surface area contributed by atoms with Crippen molar-refractivity contribution >= 4 is 5.97 Å². The predicted molar refractivity (Wildman–Crippen MR) is 262 cm³/mol. The van der Waals surface area contributed by atoms with Gasteiger partial charge in [0.25, 0.3) is 0 Å². The van der Waals surface area contributed by atoms with Crippen LogP contribution in [0.2, 0.25) is 0 Å². The Hall–Kier alpha value is -5.75. The average Bonchev–Trinajstić information content (AvgIpc) is 0.702. The van der Waals surface area contributed by atoms with E-state index in [0.717, 1.165) is 0 Å². The van der Waals surface area contributed by atoms with Crippen LogP contribution in [0.1, 0.15) is 48.8 Å². The maximum atomic E-state index is 15.0. The van der Waals surface area contributed by atoms with Crippen molar-refractivity contribution in [3.05, 3.63) is 120 Å². The number of alkyl halides is 34. The van der Waals surface area contributed by atoms with Crippen LogP contribution in [-0.2, 0) is 53.0 Å². The fraction of sp³-hybridized carbons (Fsp3) is 0.618. The highest BCUT2D eigenvalue weighted by Crippen LogP contribution is 2.66. The minimum absolute atomic E-state index is 0.0742. The van der Waals surface area contributed by atoms with Crippen LogP contribution in [0.4, 0.5) is 149 Å². The van der Waals surface area contributed by atoms with E-state index in [0.29, 0.717) is 16.7 Å². The van der Waals surface area contributed by atoms with Crippen molar-refractivity contribution in [3.8, 4) is 0 Å². The van der Waals surface area contributed by atoms with Gasteiger partial charge in [-0.3, -0.25) is 4.79 Å². The van der Waals surface area contributed by atoms with Crippen LogP contribution in [0.3, 0.4) is 0 Å². The number of hydrogen-bond donors (Lipinski definition) is 0. The monoisotopic (exact) mass is 1480 g/mol. The van der Waals surface area contributed by atoms with Crippen LogP contribution < -0.4 is 0 Å². The molecule has 1 heterocycles. The molecule has 0 spiro atoms. The second-order valence-electron chi connectivity index (χ2n) is 21.2. The van der Waals surface area contributed by atoms with Crippen molar-refractivity contribution in [1.82, 2.24) is 4.90 Å². The van der Waals surface area contributed by atoms with Gasteiger partial charge in [0.05, 0.1) is 32.8 Å². The number of nitrogens with zero attached hydrogens (tertiary/aromatic N) is 1. The summed E-state index contributed by atoms with van der Waals surface area (Å²) in [6.45, 7) is -4.01. The zero-order chi connectivity index (χ0) is 74.5. The lowest BCUT2D eigenvalue weighted by atomic mass is 9.88. The molecule has 0 unspecified atom stereocenters. The van der Waals surface area contributed by atoms with Crippen molar-refractivity contribution in [2.75, 3.05) is 32.8 Å². The van der Waals surface area contributed by atoms with Gasteiger partial charge in [-0.15, -0.1) is 6.58 Å². The minimum atomic E-state index is -9.09. The Morgan fingerprint density at radius 1 is 0.392 bits per heavy atom. The summed E-state index contributed by atoms with van der Waals surface area (Å²) in [7, 11) is 0. The van der Waals surface area contributed by atoms with Gasteiger partial charge >= 0.3 is 101 Å². The molecule has 1 aliphatic rings. The smallest absolute Gasteiger partial charge is 0.460 e. The summed E-state index contributed by atoms with van der Waals surface area (Å²) >= 11 is 0. The molecule has 5 atom stereocenters. The molecule has 554 valence electrons. The number of benzene rings is 3. The number of halogens is 34. The van der Waals surface area contributed by atoms with Crippen LogP contribution in [0.25, 0.3) is 0 Å². The highest BCUT2D eigenvalue weighted by atomic mass is 19.4. The molecular weight excluding hydrogens is 1430 g/mol. The number of ether oxygens (including phenoxy) is 6. The molecule has 0 radical (unpaired) electrons. The number of esters is 1. The Balaban J connectivity index is 1.72. The van der Waals surface area contributed by atoms with Gasteiger partial charge in [-0.1, -0.05) is 97.1 Å². The molecule has 42 heteroatoms. The molecular formula is C55H49F34NO7. The Bertz CT molecular complexity index is 2880. The molecule has 0 amide bonds. The third-order valence-corrected chi connectivity index (χ3v) is 14.4. The largest absolute Gasteiger partial charge is 0.463 e. The van der Waals surface area contributed by atoms with Crippen molar-refractivity contribution in [1.29, 1.82) is 0 Å². The lowest BCUT2D eigenvalue weighted by molar-refractivity contribution is -0.461. The van der Waals surface area contributed by atoms with E-state index in [9.17, 15) is 137 Å².